The zero-order valence-corrected chi connectivity index (χ0v) is 16.2. The van der Waals surface area contributed by atoms with Crippen molar-refractivity contribution >= 4 is 15.9 Å². The molecule has 7 heteroatoms. The molecule has 2 heterocycles. The van der Waals surface area contributed by atoms with Crippen molar-refractivity contribution in [1.29, 1.82) is 0 Å². The van der Waals surface area contributed by atoms with Crippen LogP contribution in [0.5, 0.6) is 0 Å². The van der Waals surface area contributed by atoms with Gasteiger partial charge in [0.1, 0.15) is 0 Å². The first-order chi connectivity index (χ1) is 12.4. The Kier molecular flexibility index (Phi) is 5.79. The van der Waals surface area contributed by atoms with Crippen LogP contribution >= 0.6 is 0 Å². The first-order valence-corrected chi connectivity index (χ1v) is 10.4. The highest BCUT2D eigenvalue weighted by atomic mass is 32.2. The number of carbonyl (C=O) groups is 1. The van der Waals surface area contributed by atoms with E-state index in [0.717, 1.165) is 19.3 Å². The average molecular weight is 378 g/mol. The van der Waals surface area contributed by atoms with Crippen LogP contribution in [0.3, 0.4) is 0 Å². The Hall–Kier alpha value is -1.70. The van der Waals surface area contributed by atoms with Crippen molar-refractivity contribution in [2.45, 2.75) is 37.2 Å². The van der Waals surface area contributed by atoms with Crippen LogP contribution in [0.2, 0.25) is 0 Å². The molecule has 2 aliphatic rings. The molecule has 1 amide bonds. The Bertz CT molecular complexity index is 796. The number of benzene rings is 1. The van der Waals surface area contributed by atoms with Crippen molar-refractivity contribution in [3.63, 3.8) is 0 Å². The lowest BCUT2D eigenvalue weighted by Gasteiger charge is -2.31. The van der Waals surface area contributed by atoms with E-state index in [-0.39, 0.29) is 16.9 Å². The van der Waals surface area contributed by atoms with E-state index in [4.69, 9.17) is 4.74 Å². The number of hydrogen-bond donors (Lipinski definition) is 0. The fourth-order valence-electron chi connectivity index (χ4n) is 3.39. The highest BCUT2D eigenvalue weighted by molar-refractivity contribution is 7.89. The molecule has 26 heavy (non-hydrogen) atoms. The summed E-state index contributed by atoms with van der Waals surface area (Å²) in [7, 11) is -1.90. The maximum absolute atomic E-state index is 12.9. The van der Waals surface area contributed by atoms with Gasteiger partial charge in [-0.2, -0.15) is 4.31 Å². The summed E-state index contributed by atoms with van der Waals surface area (Å²) < 4.78 is 32.6. The minimum Gasteiger partial charge on any atom is -0.381 e. The number of sulfonamides is 1. The summed E-state index contributed by atoms with van der Waals surface area (Å²) in [6.45, 7) is 4.13. The predicted molar refractivity (Wildman–Crippen MR) is 99.5 cm³/mol. The van der Waals surface area contributed by atoms with Gasteiger partial charge >= 0.3 is 0 Å². The minimum atomic E-state index is -3.59. The third-order valence-electron chi connectivity index (χ3n) is 5.18. The number of nitrogens with zero attached hydrogens (tertiary/aromatic N) is 2. The van der Waals surface area contributed by atoms with Crippen LogP contribution in [0.25, 0.3) is 0 Å². The van der Waals surface area contributed by atoms with Gasteiger partial charge in [0.05, 0.1) is 11.0 Å². The summed E-state index contributed by atoms with van der Waals surface area (Å²) in [5, 5.41) is 0. The van der Waals surface area contributed by atoms with Gasteiger partial charge in [-0.05, 0) is 44.4 Å². The normalized spacial score (nSPS) is 20.1. The molecule has 0 unspecified atom stereocenters. The van der Waals surface area contributed by atoms with Gasteiger partial charge in [0, 0.05) is 38.9 Å². The Balaban J connectivity index is 1.77. The van der Waals surface area contributed by atoms with Gasteiger partial charge in [-0.15, -0.1) is 0 Å². The van der Waals surface area contributed by atoms with Crippen molar-refractivity contribution in [2.75, 3.05) is 33.3 Å². The van der Waals surface area contributed by atoms with E-state index in [1.807, 2.05) is 13.0 Å². The third kappa shape index (κ3) is 4.00. The summed E-state index contributed by atoms with van der Waals surface area (Å²) in [4.78, 5) is 14.7. The summed E-state index contributed by atoms with van der Waals surface area (Å²) in [5.41, 5.74) is 1.63. The molecule has 0 bridgehead atoms. The van der Waals surface area contributed by atoms with Crippen molar-refractivity contribution in [1.82, 2.24) is 9.21 Å². The molecule has 3 rings (SSSR count). The molecule has 0 aromatic heterocycles. The number of carbonyl (C=O) groups excluding carboxylic acids is 1. The topological polar surface area (TPSA) is 66.9 Å². The van der Waals surface area contributed by atoms with Crippen molar-refractivity contribution < 1.29 is 17.9 Å². The molecule has 142 valence electrons. The molecule has 1 aromatic carbocycles. The monoisotopic (exact) mass is 378 g/mol. The van der Waals surface area contributed by atoms with E-state index in [1.165, 1.54) is 15.9 Å². The van der Waals surface area contributed by atoms with Gasteiger partial charge in [0.15, 0.2) is 0 Å². The lowest BCUT2D eigenvalue weighted by Crippen LogP contribution is -2.40. The van der Waals surface area contributed by atoms with E-state index in [2.05, 4.69) is 0 Å². The van der Waals surface area contributed by atoms with Gasteiger partial charge in [-0.25, -0.2) is 8.42 Å². The smallest absolute Gasteiger partial charge is 0.253 e. The summed E-state index contributed by atoms with van der Waals surface area (Å²) in [5.74, 6) is -0.119. The SMILES string of the molecule is COC1CCN(C(=O)c2cccc(S(=O)(=O)N3CC=C(C)CC3)c2)CC1. The highest BCUT2D eigenvalue weighted by Crippen LogP contribution is 2.22. The summed E-state index contributed by atoms with van der Waals surface area (Å²) in [6.07, 6.45) is 4.49. The number of amides is 1. The molecule has 0 saturated carbocycles. The standard InChI is InChI=1S/C19H26N2O4S/c1-15-6-12-21(13-7-15)26(23,24)18-5-3-4-16(14-18)19(22)20-10-8-17(25-2)9-11-20/h3-6,14,17H,7-13H2,1-2H3. The fourth-order valence-corrected chi connectivity index (χ4v) is 4.81. The number of likely N-dealkylation sites (tertiary alicyclic amines) is 1. The Morgan fingerprint density at radius 2 is 1.92 bits per heavy atom. The minimum absolute atomic E-state index is 0.119. The van der Waals surface area contributed by atoms with Crippen LogP contribution in [0.1, 0.15) is 36.5 Å². The van der Waals surface area contributed by atoms with Crippen molar-refractivity contribution in [3.8, 4) is 0 Å². The third-order valence-corrected chi connectivity index (χ3v) is 7.04. The van der Waals surface area contributed by atoms with Crippen LogP contribution in [0.15, 0.2) is 40.8 Å². The highest BCUT2D eigenvalue weighted by Gasteiger charge is 2.28. The molecule has 1 fully saturated rings. The maximum Gasteiger partial charge on any atom is 0.253 e. The van der Waals surface area contributed by atoms with Gasteiger partial charge in [-0.1, -0.05) is 17.7 Å². The van der Waals surface area contributed by atoms with Crippen LogP contribution in [0.4, 0.5) is 0 Å². The molecule has 0 atom stereocenters. The van der Waals surface area contributed by atoms with Crippen molar-refractivity contribution in [2.24, 2.45) is 0 Å². The van der Waals surface area contributed by atoms with Gasteiger partial charge < -0.3 is 9.64 Å². The van der Waals surface area contributed by atoms with Gasteiger partial charge in [0.2, 0.25) is 10.0 Å². The number of piperidine rings is 1. The molecule has 2 aliphatic heterocycles. The molecule has 1 aromatic rings. The predicted octanol–water partition coefficient (Wildman–Crippen LogP) is 2.28. The summed E-state index contributed by atoms with van der Waals surface area (Å²) in [6, 6.07) is 6.40. The molecule has 0 aliphatic carbocycles. The molecular formula is C19H26N2O4S. The lowest BCUT2D eigenvalue weighted by molar-refractivity contribution is 0.0350. The zero-order valence-electron chi connectivity index (χ0n) is 15.3. The van der Waals surface area contributed by atoms with E-state index >= 15 is 0 Å². The molecular weight excluding hydrogens is 352 g/mol. The maximum atomic E-state index is 12.9. The summed E-state index contributed by atoms with van der Waals surface area (Å²) >= 11 is 0. The lowest BCUT2D eigenvalue weighted by atomic mass is 10.1. The zero-order chi connectivity index (χ0) is 18.7. The molecule has 0 N–H and O–H groups in total. The number of rotatable bonds is 4. The Labute approximate surface area is 155 Å². The van der Waals surface area contributed by atoms with Gasteiger partial charge in [-0.3, -0.25) is 4.79 Å². The van der Waals surface area contributed by atoms with E-state index < -0.39 is 10.0 Å². The first kappa shape index (κ1) is 19.1. The molecule has 6 nitrogen and oxygen atoms in total. The second-order valence-corrected chi connectivity index (χ2v) is 8.86. The van der Waals surface area contributed by atoms with Crippen LogP contribution in [-0.4, -0.2) is 62.9 Å². The molecule has 0 spiro atoms. The number of hydrogen-bond acceptors (Lipinski definition) is 4. The Morgan fingerprint density at radius 3 is 2.54 bits per heavy atom. The molecule has 1 saturated heterocycles. The number of ether oxygens (including phenoxy) is 1. The second kappa shape index (κ2) is 7.90. The second-order valence-electron chi connectivity index (χ2n) is 6.92. The quantitative estimate of drug-likeness (QED) is 0.754. The van der Waals surface area contributed by atoms with Crippen LogP contribution < -0.4 is 0 Å². The van der Waals surface area contributed by atoms with Crippen molar-refractivity contribution in [3.05, 3.63) is 41.5 Å². The van der Waals surface area contributed by atoms with E-state index in [1.54, 1.807) is 30.2 Å². The average Bonchev–Trinajstić information content (AvgIpc) is 2.68. The van der Waals surface area contributed by atoms with Crippen LogP contribution in [-0.2, 0) is 14.8 Å². The largest absolute Gasteiger partial charge is 0.381 e. The van der Waals surface area contributed by atoms with E-state index in [0.29, 0.717) is 31.7 Å². The molecule has 0 radical (unpaired) electrons. The van der Waals surface area contributed by atoms with E-state index in [9.17, 15) is 13.2 Å². The first-order valence-electron chi connectivity index (χ1n) is 8.99. The number of methoxy groups -OCH3 is 1. The van der Waals surface area contributed by atoms with Crippen LogP contribution in [0, 0.1) is 0 Å². The Morgan fingerprint density at radius 1 is 1.19 bits per heavy atom. The fraction of sp³-hybridized carbons (Fsp3) is 0.526. The van der Waals surface area contributed by atoms with Gasteiger partial charge in [0.25, 0.3) is 5.91 Å².